The summed E-state index contributed by atoms with van der Waals surface area (Å²) in [5.74, 6) is -1.05. The van der Waals surface area contributed by atoms with Gasteiger partial charge in [-0.2, -0.15) is 0 Å². The fourth-order valence-electron chi connectivity index (χ4n) is 14.1. The van der Waals surface area contributed by atoms with Crippen molar-refractivity contribution >= 4 is 11.9 Å². The molecule has 2 heterocycles. The Morgan fingerprint density at radius 2 is 1.44 bits per heavy atom. The number of aliphatic hydroxyl groups is 4. The molecule has 0 amide bonds. The molecule has 0 radical (unpaired) electrons. The second-order valence-electron chi connectivity index (χ2n) is 19.4. The number of fused-ring (bicyclic) bond motifs is 2. The van der Waals surface area contributed by atoms with Gasteiger partial charge in [-0.3, -0.25) is 9.59 Å². The summed E-state index contributed by atoms with van der Waals surface area (Å²) in [6.07, 6.45) is 1.42. The van der Waals surface area contributed by atoms with Crippen LogP contribution in [0.4, 0.5) is 0 Å². The van der Waals surface area contributed by atoms with Crippen LogP contribution in [-0.4, -0.2) is 99.2 Å². The Bertz CT molecular complexity index is 1380. The topological polar surface area (TPSA) is 161 Å². The van der Waals surface area contributed by atoms with E-state index in [2.05, 4.69) is 34.6 Å². The van der Waals surface area contributed by atoms with Crippen LogP contribution in [0.3, 0.4) is 0 Å². The largest absolute Gasteiger partial charge is 0.455 e. The van der Waals surface area contributed by atoms with E-state index in [0.717, 1.165) is 44.9 Å². The van der Waals surface area contributed by atoms with E-state index in [0.29, 0.717) is 12.8 Å². The molecule has 16 atom stereocenters. The number of hydrogen-bond donors (Lipinski definition) is 4. The van der Waals surface area contributed by atoms with Gasteiger partial charge < -0.3 is 44.1 Å². The van der Waals surface area contributed by atoms with Crippen molar-refractivity contribution in [3.8, 4) is 0 Å². The monoisotopic (exact) mass is 706 g/mol. The number of esters is 2. The molecule has 284 valence electrons. The smallest absolute Gasteiger partial charge is 0.303 e. The summed E-state index contributed by atoms with van der Waals surface area (Å²) >= 11 is 0. The lowest BCUT2D eigenvalue weighted by atomic mass is 9.41. The molecule has 0 aromatic rings. The molecule has 16 unspecified atom stereocenters. The van der Waals surface area contributed by atoms with Gasteiger partial charge in [0.25, 0.3) is 0 Å². The molecule has 7 aliphatic rings. The number of aliphatic hydroxyl groups excluding tert-OH is 3. The van der Waals surface area contributed by atoms with Crippen molar-refractivity contribution in [2.75, 3.05) is 6.61 Å². The van der Waals surface area contributed by atoms with E-state index in [1.165, 1.54) is 13.8 Å². The Hall–Kier alpha value is -1.34. The highest BCUT2D eigenvalue weighted by molar-refractivity contribution is 5.67. The van der Waals surface area contributed by atoms with Crippen LogP contribution in [0.1, 0.15) is 120 Å². The molecule has 50 heavy (non-hydrogen) atoms. The van der Waals surface area contributed by atoms with Gasteiger partial charge >= 0.3 is 11.9 Å². The first-order valence-corrected chi connectivity index (χ1v) is 19.1. The van der Waals surface area contributed by atoms with E-state index < -0.39 is 65.4 Å². The van der Waals surface area contributed by atoms with Gasteiger partial charge in [0.15, 0.2) is 18.5 Å². The van der Waals surface area contributed by atoms with Crippen LogP contribution >= 0.6 is 0 Å². The second kappa shape index (κ2) is 11.6. The zero-order valence-electron chi connectivity index (χ0n) is 31.6. The Morgan fingerprint density at radius 1 is 0.780 bits per heavy atom. The molecular weight excluding hydrogens is 644 g/mol. The van der Waals surface area contributed by atoms with E-state index in [-0.39, 0.29) is 58.2 Å². The van der Waals surface area contributed by atoms with Crippen molar-refractivity contribution in [3.05, 3.63) is 0 Å². The molecule has 2 spiro atoms. The maximum absolute atomic E-state index is 12.3. The number of hydrogen-bond acceptors (Lipinski definition) is 11. The van der Waals surface area contributed by atoms with Crippen molar-refractivity contribution in [2.45, 2.75) is 180 Å². The zero-order valence-corrected chi connectivity index (χ0v) is 31.6. The predicted molar refractivity (Wildman–Crippen MR) is 180 cm³/mol. The van der Waals surface area contributed by atoms with Crippen LogP contribution in [-0.2, 0) is 33.3 Å². The van der Waals surface area contributed by atoms with E-state index in [1.54, 1.807) is 0 Å². The minimum Gasteiger partial charge on any atom is -0.455 e. The third kappa shape index (κ3) is 5.06. The number of carbonyl (C=O) groups is 2. The minimum atomic E-state index is -1.17. The average Bonchev–Trinajstić information content (AvgIpc) is 3.34. The van der Waals surface area contributed by atoms with E-state index in [1.807, 2.05) is 13.8 Å². The van der Waals surface area contributed by atoms with Crippen LogP contribution < -0.4 is 0 Å². The van der Waals surface area contributed by atoms with Crippen LogP contribution in [0.15, 0.2) is 0 Å². The molecule has 11 nitrogen and oxygen atoms in total. The van der Waals surface area contributed by atoms with Gasteiger partial charge in [-0.25, -0.2) is 0 Å². The van der Waals surface area contributed by atoms with Crippen LogP contribution in [0, 0.1) is 44.8 Å². The first-order chi connectivity index (χ1) is 23.1. The lowest BCUT2D eigenvalue weighted by Crippen LogP contribution is -2.63. The maximum Gasteiger partial charge on any atom is 0.303 e. The molecule has 0 aromatic carbocycles. The summed E-state index contributed by atoms with van der Waals surface area (Å²) in [6.45, 7) is 17.2. The Labute approximate surface area is 297 Å². The summed E-state index contributed by atoms with van der Waals surface area (Å²) in [5.41, 5.74) is -2.32. The molecule has 5 saturated carbocycles. The quantitative estimate of drug-likeness (QED) is 0.233. The van der Waals surface area contributed by atoms with E-state index in [4.69, 9.17) is 23.7 Å². The van der Waals surface area contributed by atoms with Crippen molar-refractivity contribution in [3.63, 3.8) is 0 Å². The van der Waals surface area contributed by atoms with Gasteiger partial charge in [0, 0.05) is 19.8 Å². The van der Waals surface area contributed by atoms with E-state index in [9.17, 15) is 30.0 Å². The van der Waals surface area contributed by atoms with Gasteiger partial charge in [-0.05, 0) is 117 Å². The summed E-state index contributed by atoms with van der Waals surface area (Å²) < 4.78 is 30.2. The third-order valence-corrected chi connectivity index (χ3v) is 16.0. The zero-order chi connectivity index (χ0) is 36.6. The summed E-state index contributed by atoms with van der Waals surface area (Å²) in [7, 11) is 0. The Balaban J connectivity index is 1.14. The summed E-state index contributed by atoms with van der Waals surface area (Å²) in [4.78, 5) is 24.0. The van der Waals surface area contributed by atoms with Crippen molar-refractivity contribution < 1.29 is 53.7 Å². The molecule has 2 aliphatic heterocycles. The molecule has 7 fully saturated rings. The molecular formula is C39H62O11. The second-order valence-corrected chi connectivity index (χ2v) is 19.4. The highest BCUT2D eigenvalue weighted by atomic mass is 16.7. The summed E-state index contributed by atoms with van der Waals surface area (Å²) in [6, 6.07) is 0. The standard InChI is InChI=1S/C39H62O11/c1-20(40)47-28-24(44)18-46-32(29(28)48-21(2)41)49-26-11-13-39-19-38(39)15-14-35(7)31(37(9)12-10-27(50-37)34(5,6)45)23(43)17-36(35,8)25(38)16-22(42)30(39)33(26,3)4/h22-32,42-45H,10-19H2,1-9H3. The number of carbonyl (C=O) groups excluding carboxylic acids is 2. The van der Waals surface area contributed by atoms with Gasteiger partial charge in [0.1, 0.15) is 6.10 Å². The molecule has 2 saturated heterocycles. The van der Waals surface area contributed by atoms with Crippen LogP contribution in [0.25, 0.3) is 0 Å². The molecule has 4 N–H and O–H groups in total. The highest BCUT2D eigenvalue weighted by Crippen LogP contribution is 2.89. The van der Waals surface area contributed by atoms with Gasteiger partial charge in [-0.1, -0.05) is 27.7 Å². The van der Waals surface area contributed by atoms with Gasteiger partial charge in [0.05, 0.1) is 42.2 Å². The van der Waals surface area contributed by atoms with Gasteiger partial charge in [-0.15, -0.1) is 0 Å². The fourth-order valence-corrected chi connectivity index (χ4v) is 14.1. The summed E-state index contributed by atoms with van der Waals surface area (Å²) in [5, 5.41) is 45.7. The van der Waals surface area contributed by atoms with Gasteiger partial charge in [0.2, 0.25) is 0 Å². The lowest BCUT2D eigenvalue weighted by Gasteiger charge is -2.64. The van der Waals surface area contributed by atoms with Crippen molar-refractivity contribution in [2.24, 2.45) is 44.8 Å². The average molecular weight is 707 g/mol. The van der Waals surface area contributed by atoms with Crippen molar-refractivity contribution in [1.29, 1.82) is 0 Å². The molecule has 7 rings (SSSR count). The fraction of sp³-hybridized carbons (Fsp3) is 0.949. The first-order valence-electron chi connectivity index (χ1n) is 19.1. The van der Waals surface area contributed by atoms with Crippen LogP contribution in [0.2, 0.25) is 0 Å². The van der Waals surface area contributed by atoms with Crippen molar-refractivity contribution in [1.82, 2.24) is 0 Å². The SMILES string of the molecule is CC(=O)OC1C(O)COC(OC2CCC34CC35CCC3(C)C(C6(C)CCC(C(C)(C)O)O6)C(O)CC3(C)C5CC(O)C4C2(C)C)C1OC(C)=O. The van der Waals surface area contributed by atoms with E-state index >= 15 is 0 Å². The molecule has 11 heteroatoms. The molecule has 0 bridgehead atoms. The predicted octanol–water partition coefficient (Wildman–Crippen LogP) is 4.04. The molecule has 0 aromatic heterocycles. The Morgan fingerprint density at radius 3 is 2.06 bits per heavy atom. The number of ether oxygens (including phenoxy) is 5. The highest BCUT2D eigenvalue weighted by Gasteiger charge is 2.85. The third-order valence-electron chi connectivity index (χ3n) is 16.0. The minimum absolute atomic E-state index is 0.0334. The maximum atomic E-state index is 12.3. The molecule has 5 aliphatic carbocycles. The lowest BCUT2D eigenvalue weighted by molar-refractivity contribution is -0.310. The number of rotatable bonds is 6. The Kier molecular flexibility index (Phi) is 8.57. The van der Waals surface area contributed by atoms with Crippen LogP contribution in [0.5, 0.6) is 0 Å². The first kappa shape index (κ1) is 37.0. The normalized spacial score (nSPS) is 53.7.